The van der Waals surface area contributed by atoms with Gasteiger partial charge in [0.15, 0.2) is 0 Å². The molecule has 0 aliphatic carbocycles. The van der Waals surface area contributed by atoms with Crippen molar-refractivity contribution in [2.75, 3.05) is 6.54 Å². The number of sulfonamides is 1. The molecule has 0 radical (unpaired) electrons. The summed E-state index contributed by atoms with van der Waals surface area (Å²) < 4.78 is 42.1. The zero-order chi connectivity index (χ0) is 20.8. The Labute approximate surface area is 171 Å². The van der Waals surface area contributed by atoms with Gasteiger partial charge in [0.25, 0.3) is 0 Å². The largest absolute Gasteiger partial charge is 0.478 e. The van der Waals surface area contributed by atoms with Gasteiger partial charge < -0.3 is 9.67 Å². The highest BCUT2D eigenvalue weighted by atomic mass is 35.5. The first kappa shape index (κ1) is 19.6. The second kappa shape index (κ2) is 7.29. The van der Waals surface area contributed by atoms with Crippen molar-refractivity contribution in [2.45, 2.75) is 18.0 Å². The van der Waals surface area contributed by atoms with Gasteiger partial charge in [-0.15, -0.1) is 0 Å². The molecule has 0 spiro atoms. The molecule has 0 saturated carbocycles. The van der Waals surface area contributed by atoms with Gasteiger partial charge in [0.1, 0.15) is 11.4 Å². The summed E-state index contributed by atoms with van der Waals surface area (Å²) in [5.74, 6) is -1.76. The van der Waals surface area contributed by atoms with E-state index in [2.05, 4.69) is 0 Å². The SMILES string of the molecule is O=C(O)c1c(Cl)c(-c2ccccc2)n2c1CN(S(=O)(=O)c1ccc(F)cc1)CC2. The van der Waals surface area contributed by atoms with Crippen LogP contribution in [0.25, 0.3) is 11.3 Å². The summed E-state index contributed by atoms with van der Waals surface area (Å²) in [6, 6.07) is 13.7. The first-order valence-corrected chi connectivity index (χ1v) is 10.6. The van der Waals surface area contributed by atoms with Gasteiger partial charge in [-0.25, -0.2) is 17.6 Å². The molecule has 1 aliphatic heterocycles. The Morgan fingerprint density at radius 2 is 1.69 bits per heavy atom. The average molecular weight is 435 g/mol. The highest BCUT2D eigenvalue weighted by Gasteiger charge is 2.35. The number of carboxylic acids is 1. The first-order chi connectivity index (χ1) is 13.8. The number of hydrogen-bond donors (Lipinski definition) is 1. The quantitative estimate of drug-likeness (QED) is 0.676. The molecule has 0 atom stereocenters. The lowest BCUT2D eigenvalue weighted by Gasteiger charge is -2.29. The number of benzene rings is 2. The van der Waals surface area contributed by atoms with Gasteiger partial charge in [-0.1, -0.05) is 41.9 Å². The molecule has 0 unspecified atom stereocenters. The molecule has 1 N–H and O–H groups in total. The van der Waals surface area contributed by atoms with Crippen LogP contribution in [0.4, 0.5) is 4.39 Å². The van der Waals surface area contributed by atoms with E-state index < -0.39 is 21.8 Å². The third kappa shape index (κ3) is 3.33. The van der Waals surface area contributed by atoms with Gasteiger partial charge in [-0.3, -0.25) is 0 Å². The fraction of sp³-hybridized carbons (Fsp3) is 0.150. The van der Waals surface area contributed by atoms with Crippen LogP contribution in [0.1, 0.15) is 16.1 Å². The fourth-order valence-electron chi connectivity index (χ4n) is 3.56. The van der Waals surface area contributed by atoms with Crippen molar-refractivity contribution in [2.24, 2.45) is 0 Å². The highest BCUT2D eigenvalue weighted by molar-refractivity contribution is 7.89. The minimum Gasteiger partial charge on any atom is -0.478 e. The number of carbonyl (C=O) groups is 1. The summed E-state index contributed by atoms with van der Waals surface area (Å²) in [4.78, 5) is 11.8. The van der Waals surface area contributed by atoms with Crippen LogP contribution in [0.3, 0.4) is 0 Å². The van der Waals surface area contributed by atoms with E-state index in [1.165, 1.54) is 16.4 Å². The smallest absolute Gasteiger partial charge is 0.339 e. The van der Waals surface area contributed by atoms with Crippen molar-refractivity contribution in [3.63, 3.8) is 0 Å². The third-order valence-electron chi connectivity index (χ3n) is 4.92. The molecule has 0 bridgehead atoms. The van der Waals surface area contributed by atoms with Crippen molar-refractivity contribution >= 4 is 27.6 Å². The molecule has 6 nitrogen and oxygen atoms in total. The molecule has 0 fully saturated rings. The highest BCUT2D eigenvalue weighted by Crippen LogP contribution is 2.38. The van der Waals surface area contributed by atoms with Crippen molar-refractivity contribution in [3.8, 4) is 11.3 Å². The van der Waals surface area contributed by atoms with Gasteiger partial charge in [0.2, 0.25) is 10.0 Å². The van der Waals surface area contributed by atoms with Crippen molar-refractivity contribution in [1.82, 2.24) is 8.87 Å². The Balaban J connectivity index is 1.80. The number of halogens is 2. The fourth-order valence-corrected chi connectivity index (χ4v) is 5.35. The van der Waals surface area contributed by atoms with E-state index in [4.69, 9.17) is 11.6 Å². The molecule has 1 aliphatic rings. The zero-order valence-electron chi connectivity index (χ0n) is 15.0. The number of aromatic nitrogens is 1. The number of carboxylic acid groups (broad SMARTS) is 1. The molecule has 29 heavy (non-hydrogen) atoms. The maximum atomic E-state index is 13.2. The third-order valence-corrected chi connectivity index (χ3v) is 7.15. The molecule has 150 valence electrons. The Morgan fingerprint density at radius 3 is 2.31 bits per heavy atom. The maximum Gasteiger partial charge on any atom is 0.339 e. The molecule has 0 amide bonds. The maximum absolute atomic E-state index is 13.2. The lowest BCUT2D eigenvalue weighted by Crippen LogP contribution is -2.38. The van der Waals surface area contributed by atoms with Gasteiger partial charge in [-0.2, -0.15) is 4.31 Å². The van der Waals surface area contributed by atoms with E-state index in [9.17, 15) is 22.7 Å². The number of hydrogen-bond acceptors (Lipinski definition) is 3. The van der Waals surface area contributed by atoms with Crippen LogP contribution in [0.15, 0.2) is 59.5 Å². The summed E-state index contributed by atoms with van der Waals surface area (Å²) in [5, 5.41) is 9.79. The normalized spacial score (nSPS) is 14.6. The van der Waals surface area contributed by atoms with Gasteiger partial charge >= 0.3 is 5.97 Å². The standard InChI is InChI=1S/C20H16ClFN2O4S/c21-18-17(20(25)26)16-12-23(29(27,28)15-8-6-14(22)7-9-15)10-11-24(16)19(18)13-4-2-1-3-5-13/h1-9H,10-12H2,(H,25,26). The van der Waals surface area contributed by atoms with Gasteiger partial charge in [0, 0.05) is 18.8 Å². The zero-order valence-corrected chi connectivity index (χ0v) is 16.6. The van der Waals surface area contributed by atoms with Crippen molar-refractivity contribution < 1.29 is 22.7 Å². The Hall–Kier alpha value is -2.68. The molecular formula is C20H16ClFN2O4S. The molecule has 1 aromatic heterocycles. The predicted octanol–water partition coefficient (Wildman–Crippen LogP) is 3.85. The number of rotatable bonds is 4. The van der Waals surface area contributed by atoms with E-state index >= 15 is 0 Å². The number of fused-ring (bicyclic) bond motifs is 1. The lowest BCUT2D eigenvalue weighted by atomic mass is 10.1. The summed E-state index contributed by atoms with van der Waals surface area (Å²) >= 11 is 6.43. The van der Waals surface area contributed by atoms with Crippen LogP contribution in [-0.2, 0) is 23.1 Å². The van der Waals surface area contributed by atoms with Gasteiger partial charge in [0.05, 0.1) is 22.2 Å². The van der Waals surface area contributed by atoms with Crippen LogP contribution in [0.5, 0.6) is 0 Å². The number of nitrogens with zero attached hydrogens (tertiary/aromatic N) is 2. The van der Waals surface area contributed by atoms with Crippen LogP contribution in [0.2, 0.25) is 5.02 Å². The minimum atomic E-state index is -3.91. The molecule has 9 heteroatoms. The Bertz CT molecular complexity index is 1190. The van der Waals surface area contributed by atoms with E-state index in [1.54, 1.807) is 4.57 Å². The Kier molecular flexibility index (Phi) is 4.94. The van der Waals surface area contributed by atoms with E-state index in [1.807, 2.05) is 30.3 Å². The topological polar surface area (TPSA) is 79.6 Å². The molecule has 3 aromatic rings. The summed E-state index contributed by atoms with van der Waals surface area (Å²) in [5.41, 5.74) is 1.52. The molecular weight excluding hydrogens is 419 g/mol. The predicted molar refractivity (Wildman–Crippen MR) is 106 cm³/mol. The van der Waals surface area contributed by atoms with Crippen LogP contribution >= 0.6 is 11.6 Å². The van der Waals surface area contributed by atoms with Crippen molar-refractivity contribution in [1.29, 1.82) is 0 Å². The monoisotopic (exact) mass is 434 g/mol. The van der Waals surface area contributed by atoms with E-state index in [0.717, 1.165) is 17.7 Å². The van der Waals surface area contributed by atoms with Crippen LogP contribution in [0, 0.1) is 5.82 Å². The molecule has 0 saturated heterocycles. The van der Waals surface area contributed by atoms with Crippen molar-refractivity contribution in [3.05, 3.63) is 76.7 Å². The van der Waals surface area contributed by atoms with Crippen LogP contribution < -0.4 is 0 Å². The lowest BCUT2D eigenvalue weighted by molar-refractivity contribution is 0.0694. The van der Waals surface area contributed by atoms with Gasteiger partial charge in [-0.05, 0) is 29.8 Å². The second-order valence-corrected chi connectivity index (χ2v) is 8.92. The summed E-state index contributed by atoms with van der Waals surface area (Å²) in [6.45, 7) is 0.234. The summed E-state index contributed by atoms with van der Waals surface area (Å²) in [6.07, 6.45) is 0. The molecule has 2 heterocycles. The summed E-state index contributed by atoms with van der Waals surface area (Å²) in [7, 11) is -3.91. The van der Waals surface area contributed by atoms with E-state index in [-0.39, 0.29) is 35.1 Å². The van der Waals surface area contributed by atoms with Crippen LogP contribution in [-0.4, -0.2) is 34.9 Å². The molecule has 2 aromatic carbocycles. The number of aromatic carboxylic acids is 1. The average Bonchev–Trinajstić information content (AvgIpc) is 3.00. The minimum absolute atomic E-state index is 0.0508. The van der Waals surface area contributed by atoms with E-state index in [0.29, 0.717) is 11.4 Å². The molecule has 4 rings (SSSR count). The second-order valence-electron chi connectivity index (χ2n) is 6.60. The Morgan fingerprint density at radius 1 is 1.03 bits per heavy atom. The first-order valence-electron chi connectivity index (χ1n) is 8.76.